The van der Waals surface area contributed by atoms with Crippen molar-refractivity contribution in [3.8, 4) is 0 Å². The molecule has 5 aliphatic rings. The number of hydrogen-bond acceptors (Lipinski definition) is 12. The summed E-state index contributed by atoms with van der Waals surface area (Å²) < 4.78 is 64.2. The molecule has 0 spiro atoms. The van der Waals surface area contributed by atoms with Crippen molar-refractivity contribution in [1.82, 2.24) is 0 Å². The van der Waals surface area contributed by atoms with Crippen LogP contribution in [0.4, 0.5) is 0 Å². The lowest BCUT2D eigenvalue weighted by molar-refractivity contribution is -0.343. The van der Waals surface area contributed by atoms with Crippen molar-refractivity contribution in [1.29, 1.82) is 0 Å². The molecule has 0 aliphatic carbocycles. The van der Waals surface area contributed by atoms with E-state index in [-0.39, 0.29) is 72.6 Å². The van der Waals surface area contributed by atoms with Crippen LogP contribution >= 0.6 is 0 Å². The Morgan fingerprint density at radius 2 is 0.939 bits per heavy atom. The molecule has 12 nitrogen and oxygen atoms in total. The van der Waals surface area contributed by atoms with Gasteiger partial charge < -0.3 is 47.4 Å². The number of hydrogen-bond donors (Lipinski definition) is 0. The summed E-state index contributed by atoms with van der Waals surface area (Å²) in [6.45, 7) is 25.4. The van der Waals surface area contributed by atoms with Crippen LogP contribution < -0.4 is 0 Å². The van der Waals surface area contributed by atoms with Crippen LogP contribution in [0.15, 0.2) is 85.1 Å². The first-order valence-electron chi connectivity index (χ1n) is 24.4. The predicted octanol–water partition coefficient (Wildman–Crippen LogP) is 10.9. The van der Waals surface area contributed by atoms with Crippen molar-refractivity contribution in [3.63, 3.8) is 0 Å². The van der Waals surface area contributed by atoms with Gasteiger partial charge >= 0.3 is 11.9 Å². The zero-order chi connectivity index (χ0) is 48.3. The SMILES string of the molecule is CC(=O)O[C@H]1/C=C/[C@H](C)[C@H](C(C)C)OC(=O)/C=C/C=C/C=C/C=C/C=C/C=C/C[C@@H]2OC(C)(C)O[C@H](C[C@H]3C[C@@H](C[C@@H]4C[C@@H](C[C@@H]5C[C@H](C1)OC(C)(C)O5)OC(C)(C)O4)OC(C)(C)O3)[C@H]2C. The molecule has 5 aliphatic heterocycles. The fourth-order valence-electron chi connectivity index (χ4n) is 10.1. The van der Waals surface area contributed by atoms with Crippen molar-refractivity contribution in [2.75, 3.05) is 0 Å². The van der Waals surface area contributed by atoms with Crippen LogP contribution in [0.25, 0.3) is 0 Å². The zero-order valence-electron chi connectivity index (χ0n) is 42.1. The Hall–Kier alpha value is -3.20. The third-order valence-corrected chi connectivity index (χ3v) is 12.5. The Bertz CT molecular complexity index is 1780. The summed E-state index contributed by atoms with van der Waals surface area (Å²) in [6, 6.07) is 0. The van der Waals surface area contributed by atoms with Crippen molar-refractivity contribution >= 4 is 11.9 Å². The molecule has 5 heterocycles. The summed E-state index contributed by atoms with van der Waals surface area (Å²) in [4.78, 5) is 25.3. The number of esters is 2. The fraction of sp³-hybridized carbons (Fsp3) is 0.704. The maximum Gasteiger partial charge on any atom is 0.331 e. The molecule has 12 atom stereocenters. The van der Waals surface area contributed by atoms with Gasteiger partial charge in [0.1, 0.15) is 12.2 Å². The van der Waals surface area contributed by atoms with Gasteiger partial charge in [0.15, 0.2) is 23.1 Å². The molecule has 370 valence electrons. The minimum Gasteiger partial charge on any atom is -0.458 e. The third-order valence-electron chi connectivity index (χ3n) is 12.5. The molecule has 8 bridgehead atoms. The molecule has 5 rings (SSSR count). The quantitative estimate of drug-likeness (QED) is 0.193. The topological polar surface area (TPSA) is 126 Å². The predicted molar refractivity (Wildman–Crippen MR) is 255 cm³/mol. The van der Waals surface area contributed by atoms with Gasteiger partial charge in [-0.15, -0.1) is 0 Å². The molecular formula is C54H82O12. The van der Waals surface area contributed by atoms with Crippen LogP contribution in [0.1, 0.15) is 141 Å². The molecule has 0 N–H and O–H groups in total. The molecule has 0 saturated carbocycles. The van der Waals surface area contributed by atoms with E-state index in [1.54, 1.807) is 12.2 Å². The zero-order valence-corrected chi connectivity index (χ0v) is 42.1. The average molecular weight is 923 g/mol. The van der Waals surface area contributed by atoms with Gasteiger partial charge in [0.05, 0.1) is 48.8 Å². The minimum absolute atomic E-state index is 0.0207. The second kappa shape index (κ2) is 23.9. The number of allylic oxidation sites excluding steroid dienone is 10. The van der Waals surface area contributed by atoms with Gasteiger partial charge in [-0.05, 0) is 73.8 Å². The van der Waals surface area contributed by atoms with Crippen LogP contribution in [0.3, 0.4) is 0 Å². The van der Waals surface area contributed by atoms with Crippen molar-refractivity contribution in [2.24, 2.45) is 17.8 Å². The van der Waals surface area contributed by atoms with E-state index in [0.29, 0.717) is 38.5 Å². The normalized spacial score (nSPS) is 40.3. The van der Waals surface area contributed by atoms with E-state index in [1.807, 2.05) is 137 Å². The monoisotopic (exact) mass is 923 g/mol. The third kappa shape index (κ3) is 18.0. The summed E-state index contributed by atoms with van der Waals surface area (Å²) in [7, 11) is 0. The van der Waals surface area contributed by atoms with Crippen molar-refractivity contribution < 1.29 is 57.0 Å². The molecule has 0 aromatic heterocycles. The highest BCUT2D eigenvalue weighted by Crippen LogP contribution is 2.41. The summed E-state index contributed by atoms with van der Waals surface area (Å²) in [6.07, 6.45) is 29.8. The Kier molecular flexibility index (Phi) is 19.5. The largest absolute Gasteiger partial charge is 0.458 e. The summed E-state index contributed by atoms with van der Waals surface area (Å²) >= 11 is 0. The second-order valence-electron chi connectivity index (χ2n) is 21.0. The molecule has 0 aromatic rings. The van der Waals surface area contributed by atoms with E-state index < -0.39 is 41.3 Å². The highest BCUT2D eigenvalue weighted by atomic mass is 16.7. The van der Waals surface area contributed by atoms with Crippen molar-refractivity contribution in [2.45, 2.75) is 226 Å². The molecule has 66 heavy (non-hydrogen) atoms. The van der Waals surface area contributed by atoms with Gasteiger partial charge in [-0.25, -0.2) is 4.79 Å². The van der Waals surface area contributed by atoms with E-state index in [0.717, 1.165) is 12.8 Å². The van der Waals surface area contributed by atoms with Crippen LogP contribution in [0.2, 0.25) is 0 Å². The molecule has 0 aromatic carbocycles. The van der Waals surface area contributed by atoms with Crippen LogP contribution in [-0.4, -0.2) is 96.1 Å². The molecule has 4 saturated heterocycles. The second-order valence-corrected chi connectivity index (χ2v) is 21.0. The summed E-state index contributed by atoms with van der Waals surface area (Å²) in [5.41, 5.74) is 0. The van der Waals surface area contributed by atoms with Gasteiger partial charge in [-0.2, -0.15) is 0 Å². The molecular weight excluding hydrogens is 841 g/mol. The number of fused-ring (bicyclic) bond motifs is 8. The Morgan fingerprint density at radius 3 is 1.39 bits per heavy atom. The average Bonchev–Trinajstić information content (AvgIpc) is 3.16. The first kappa shape index (κ1) is 53.8. The van der Waals surface area contributed by atoms with Crippen LogP contribution in [-0.2, 0) is 57.0 Å². The number of carbonyl (C=O) groups excluding carboxylic acids is 2. The van der Waals surface area contributed by atoms with Gasteiger partial charge in [0.2, 0.25) is 0 Å². The minimum atomic E-state index is -0.877. The van der Waals surface area contributed by atoms with E-state index >= 15 is 0 Å². The molecule has 12 heteroatoms. The highest BCUT2D eigenvalue weighted by molar-refractivity contribution is 5.82. The molecule has 0 radical (unpaired) electrons. The van der Waals surface area contributed by atoms with Crippen LogP contribution in [0.5, 0.6) is 0 Å². The number of ether oxygens (including phenoxy) is 10. The lowest BCUT2D eigenvalue weighted by Crippen LogP contribution is -2.53. The van der Waals surface area contributed by atoms with E-state index in [1.165, 1.54) is 13.0 Å². The summed E-state index contributed by atoms with van der Waals surface area (Å²) in [5.74, 6) is -4.01. The first-order chi connectivity index (χ1) is 31.0. The molecule has 0 unspecified atom stereocenters. The maximum atomic E-state index is 12.9. The van der Waals surface area contributed by atoms with E-state index in [2.05, 4.69) is 13.0 Å². The lowest BCUT2D eigenvalue weighted by atomic mass is 9.87. The highest BCUT2D eigenvalue weighted by Gasteiger charge is 2.46. The Morgan fingerprint density at radius 1 is 0.545 bits per heavy atom. The smallest absolute Gasteiger partial charge is 0.331 e. The number of rotatable bonds is 2. The number of carbonyl (C=O) groups is 2. The van der Waals surface area contributed by atoms with Gasteiger partial charge in [0.25, 0.3) is 0 Å². The standard InChI is InChI=1S/C54H82O12/c1-36(2)50-37(3)27-28-40(57-39(5)55)29-41-30-42(60-51(6,7)59-41)31-43-32-44(62-52(8,9)61-43)33-45-34-46(64-53(10,11)63-45)35-48-38(4)47(65-54(12,13)66-48)25-23-21-19-17-15-14-16-18-20-22-24-26-49(56)58-50/h14-24,26-28,36-38,40-48,50H,25,29-35H2,1-13H3/b15-14+,18-16+,19-17+,22-20+,23-21+,26-24+,28-27+/t37-,38-,40-,41-,42-,43+,44-,45+,46+,47-,48+,50-/m0/s1. The van der Waals surface area contributed by atoms with Crippen molar-refractivity contribution in [3.05, 3.63) is 85.1 Å². The summed E-state index contributed by atoms with van der Waals surface area (Å²) in [5, 5.41) is 0. The van der Waals surface area contributed by atoms with Crippen LogP contribution in [0, 0.1) is 17.8 Å². The van der Waals surface area contributed by atoms with E-state index in [9.17, 15) is 9.59 Å². The fourth-order valence-corrected chi connectivity index (χ4v) is 10.1. The molecule has 4 fully saturated rings. The van der Waals surface area contributed by atoms with E-state index in [4.69, 9.17) is 47.4 Å². The Labute approximate surface area is 396 Å². The Balaban J connectivity index is 1.37. The molecule has 0 amide bonds. The lowest BCUT2D eigenvalue weighted by Gasteiger charge is -2.48. The first-order valence-corrected chi connectivity index (χ1v) is 24.4. The number of cyclic esters (lactones) is 1. The van der Waals surface area contributed by atoms with Gasteiger partial charge in [-0.3, -0.25) is 4.79 Å². The maximum absolute atomic E-state index is 12.9. The van der Waals surface area contributed by atoms with Gasteiger partial charge in [-0.1, -0.05) is 101 Å². The van der Waals surface area contributed by atoms with Gasteiger partial charge in [0, 0.05) is 69.8 Å².